The number of benzene rings is 4. The van der Waals surface area contributed by atoms with Crippen LogP contribution in [0, 0.1) is 20.2 Å². The Hall–Kier alpha value is -5.12. The molecule has 174 valence electrons. The SMILES string of the molecule is O=C(Cc1cccc2ccccc12)N/N=C/c1ccc(Oc2ccc([N+](=O)[O-])cc2[N+](=O)[O-])cc1. The molecule has 35 heavy (non-hydrogen) atoms. The Kier molecular flexibility index (Phi) is 6.73. The number of non-ortho nitro benzene ring substituents is 1. The van der Waals surface area contributed by atoms with E-state index >= 15 is 0 Å². The minimum atomic E-state index is -0.746. The summed E-state index contributed by atoms with van der Waals surface area (Å²) in [5, 5.41) is 28.1. The summed E-state index contributed by atoms with van der Waals surface area (Å²) in [6, 6.07) is 23.2. The third-order valence-corrected chi connectivity index (χ3v) is 5.09. The van der Waals surface area contributed by atoms with Crippen LogP contribution in [0.2, 0.25) is 0 Å². The first-order valence-electron chi connectivity index (χ1n) is 10.4. The monoisotopic (exact) mass is 470 g/mol. The van der Waals surface area contributed by atoms with Gasteiger partial charge in [-0.15, -0.1) is 0 Å². The van der Waals surface area contributed by atoms with Crippen LogP contribution in [0.4, 0.5) is 11.4 Å². The number of hydrogen-bond donors (Lipinski definition) is 1. The van der Waals surface area contributed by atoms with Crippen molar-refractivity contribution in [2.45, 2.75) is 6.42 Å². The van der Waals surface area contributed by atoms with Gasteiger partial charge in [-0.2, -0.15) is 5.10 Å². The van der Waals surface area contributed by atoms with Gasteiger partial charge in [0.25, 0.3) is 5.69 Å². The van der Waals surface area contributed by atoms with E-state index in [0.717, 1.165) is 28.5 Å². The third-order valence-electron chi connectivity index (χ3n) is 5.09. The second-order valence-electron chi connectivity index (χ2n) is 7.45. The van der Waals surface area contributed by atoms with E-state index in [2.05, 4.69) is 10.5 Å². The molecular formula is C25H18N4O6. The summed E-state index contributed by atoms with van der Waals surface area (Å²) < 4.78 is 5.53. The quantitative estimate of drug-likeness (QED) is 0.215. The molecule has 1 amide bonds. The molecule has 0 saturated heterocycles. The first kappa shape index (κ1) is 23.1. The number of ether oxygens (including phenoxy) is 1. The summed E-state index contributed by atoms with van der Waals surface area (Å²) in [5.74, 6) is -0.0927. The summed E-state index contributed by atoms with van der Waals surface area (Å²) in [6.45, 7) is 0. The van der Waals surface area contributed by atoms with Crippen LogP contribution in [0.5, 0.6) is 11.5 Å². The van der Waals surface area contributed by atoms with E-state index in [1.54, 1.807) is 24.3 Å². The molecule has 4 rings (SSSR count). The highest BCUT2D eigenvalue weighted by Crippen LogP contribution is 2.34. The molecular weight excluding hydrogens is 452 g/mol. The van der Waals surface area contributed by atoms with Gasteiger partial charge in [0.1, 0.15) is 5.75 Å². The van der Waals surface area contributed by atoms with E-state index < -0.39 is 21.2 Å². The largest absolute Gasteiger partial charge is 0.450 e. The van der Waals surface area contributed by atoms with Gasteiger partial charge < -0.3 is 4.74 Å². The first-order chi connectivity index (χ1) is 16.9. The van der Waals surface area contributed by atoms with Crippen LogP contribution in [-0.2, 0) is 11.2 Å². The van der Waals surface area contributed by atoms with Gasteiger partial charge in [0.15, 0.2) is 0 Å². The summed E-state index contributed by atoms with van der Waals surface area (Å²) in [7, 11) is 0. The molecule has 0 heterocycles. The Morgan fingerprint density at radius 1 is 0.914 bits per heavy atom. The molecule has 0 fully saturated rings. The number of hydrazone groups is 1. The lowest BCUT2D eigenvalue weighted by Gasteiger charge is -2.07. The van der Waals surface area contributed by atoms with Crippen LogP contribution in [0.15, 0.2) is 90.0 Å². The summed E-state index contributed by atoms with van der Waals surface area (Å²) >= 11 is 0. The standard InChI is InChI=1S/C25H18N4O6/c30-25(14-19-6-3-5-18-4-1-2-7-22(18)19)27-26-16-17-8-11-21(12-9-17)35-24-13-10-20(28(31)32)15-23(24)29(33)34/h1-13,15-16H,14H2,(H,27,30)/b26-16+. The van der Waals surface area contributed by atoms with Gasteiger partial charge in [0.05, 0.1) is 28.5 Å². The van der Waals surface area contributed by atoms with Crippen LogP contribution >= 0.6 is 0 Å². The Balaban J connectivity index is 1.38. The summed E-state index contributed by atoms with van der Waals surface area (Å²) in [5.41, 5.74) is 3.14. The molecule has 0 unspecified atom stereocenters. The highest BCUT2D eigenvalue weighted by atomic mass is 16.6. The smallest absolute Gasteiger partial charge is 0.318 e. The first-order valence-corrected chi connectivity index (χ1v) is 10.4. The normalized spacial score (nSPS) is 10.9. The number of rotatable bonds is 8. The number of carbonyl (C=O) groups is 1. The minimum absolute atomic E-state index is 0.122. The summed E-state index contributed by atoms with van der Waals surface area (Å²) in [4.78, 5) is 33.0. The Bertz CT molecular complexity index is 1450. The zero-order chi connectivity index (χ0) is 24.8. The Morgan fingerprint density at radius 3 is 2.40 bits per heavy atom. The molecule has 0 bridgehead atoms. The topological polar surface area (TPSA) is 137 Å². The van der Waals surface area contributed by atoms with Crippen molar-refractivity contribution in [3.8, 4) is 11.5 Å². The van der Waals surface area contributed by atoms with Gasteiger partial charge in [-0.1, -0.05) is 42.5 Å². The molecule has 1 N–H and O–H groups in total. The lowest BCUT2D eigenvalue weighted by molar-refractivity contribution is -0.394. The number of nitro benzene ring substituents is 2. The van der Waals surface area contributed by atoms with Gasteiger partial charge >= 0.3 is 5.69 Å². The number of hydrogen-bond acceptors (Lipinski definition) is 7. The molecule has 0 saturated carbocycles. The Morgan fingerprint density at radius 2 is 1.66 bits per heavy atom. The number of amides is 1. The number of nitrogens with zero attached hydrogens (tertiary/aromatic N) is 3. The maximum absolute atomic E-state index is 12.3. The average molecular weight is 470 g/mol. The number of carbonyl (C=O) groups excluding carboxylic acids is 1. The van der Waals surface area contributed by atoms with E-state index in [1.165, 1.54) is 12.3 Å². The van der Waals surface area contributed by atoms with Crippen LogP contribution < -0.4 is 10.2 Å². The van der Waals surface area contributed by atoms with E-state index in [0.29, 0.717) is 11.3 Å². The van der Waals surface area contributed by atoms with Crippen LogP contribution in [0.1, 0.15) is 11.1 Å². The maximum atomic E-state index is 12.3. The second kappa shape index (κ2) is 10.2. The van der Waals surface area contributed by atoms with Crippen molar-refractivity contribution in [3.05, 3.63) is 116 Å². The molecule has 0 aliphatic heterocycles. The van der Waals surface area contributed by atoms with Gasteiger partial charge in [0, 0.05) is 6.07 Å². The molecule has 0 aliphatic rings. The van der Waals surface area contributed by atoms with E-state index in [9.17, 15) is 25.0 Å². The van der Waals surface area contributed by atoms with Crippen molar-refractivity contribution in [1.29, 1.82) is 0 Å². The Labute approximate surface area is 198 Å². The predicted molar refractivity (Wildman–Crippen MR) is 130 cm³/mol. The van der Waals surface area contributed by atoms with Crippen molar-refractivity contribution < 1.29 is 19.4 Å². The molecule has 0 spiro atoms. The average Bonchev–Trinajstić information content (AvgIpc) is 2.85. The number of nitro groups is 2. The van der Waals surface area contributed by atoms with Crippen LogP contribution in [0.25, 0.3) is 10.8 Å². The fourth-order valence-corrected chi connectivity index (χ4v) is 3.44. The summed E-state index contributed by atoms with van der Waals surface area (Å²) in [6.07, 6.45) is 1.64. The van der Waals surface area contributed by atoms with Gasteiger partial charge in [-0.3, -0.25) is 25.0 Å². The molecule has 0 aliphatic carbocycles. The van der Waals surface area contributed by atoms with Crippen LogP contribution in [0.3, 0.4) is 0 Å². The van der Waals surface area contributed by atoms with Crippen molar-refractivity contribution in [3.63, 3.8) is 0 Å². The molecule has 10 nitrogen and oxygen atoms in total. The van der Waals surface area contributed by atoms with Crippen molar-refractivity contribution >= 4 is 34.3 Å². The number of fused-ring (bicyclic) bond motifs is 1. The van der Waals surface area contributed by atoms with Crippen molar-refractivity contribution in [1.82, 2.24) is 5.43 Å². The second-order valence-corrected chi connectivity index (χ2v) is 7.45. The highest BCUT2D eigenvalue weighted by Gasteiger charge is 2.21. The van der Waals surface area contributed by atoms with Gasteiger partial charge in [-0.25, -0.2) is 5.43 Å². The van der Waals surface area contributed by atoms with Gasteiger partial charge in [-0.05, 0) is 52.2 Å². The zero-order valence-electron chi connectivity index (χ0n) is 18.2. The van der Waals surface area contributed by atoms with Crippen molar-refractivity contribution in [2.24, 2.45) is 5.10 Å². The minimum Gasteiger partial charge on any atom is -0.450 e. The van der Waals surface area contributed by atoms with Gasteiger partial charge in [0.2, 0.25) is 11.7 Å². The lowest BCUT2D eigenvalue weighted by Crippen LogP contribution is -2.19. The number of nitrogens with one attached hydrogen (secondary N) is 1. The highest BCUT2D eigenvalue weighted by molar-refractivity contribution is 5.90. The molecule has 0 radical (unpaired) electrons. The van der Waals surface area contributed by atoms with E-state index in [-0.39, 0.29) is 18.1 Å². The van der Waals surface area contributed by atoms with Crippen molar-refractivity contribution in [2.75, 3.05) is 0 Å². The van der Waals surface area contributed by atoms with E-state index in [1.807, 2.05) is 42.5 Å². The molecule has 4 aromatic carbocycles. The predicted octanol–water partition coefficient (Wildman–Crippen LogP) is 5.14. The molecule has 10 heteroatoms. The fraction of sp³-hybridized carbons (Fsp3) is 0.0400. The maximum Gasteiger partial charge on any atom is 0.318 e. The third kappa shape index (κ3) is 5.63. The van der Waals surface area contributed by atoms with Crippen LogP contribution in [-0.4, -0.2) is 22.0 Å². The fourth-order valence-electron chi connectivity index (χ4n) is 3.44. The van der Waals surface area contributed by atoms with E-state index in [4.69, 9.17) is 4.74 Å². The molecule has 0 atom stereocenters. The lowest BCUT2D eigenvalue weighted by atomic mass is 10.0. The molecule has 4 aromatic rings. The molecule has 0 aromatic heterocycles. The zero-order valence-corrected chi connectivity index (χ0v) is 18.2.